The van der Waals surface area contributed by atoms with Crippen LogP contribution in [0.15, 0.2) is 24.3 Å². The summed E-state index contributed by atoms with van der Waals surface area (Å²) < 4.78 is 0. The first-order chi connectivity index (χ1) is 8.19. The lowest BCUT2D eigenvalue weighted by molar-refractivity contribution is 0.135. The lowest BCUT2D eigenvalue weighted by Crippen LogP contribution is -2.29. The van der Waals surface area contributed by atoms with Gasteiger partial charge >= 0.3 is 0 Å². The summed E-state index contributed by atoms with van der Waals surface area (Å²) in [6, 6.07) is 9.10. The van der Waals surface area contributed by atoms with Crippen LogP contribution in [-0.2, 0) is 12.8 Å². The van der Waals surface area contributed by atoms with Crippen molar-refractivity contribution in [3.05, 3.63) is 35.4 Å². The highest BCUT2D eigenvalue weighted by molar-refractivity contribution is 5.34. The largest absolute Gasteiger partial charge is 0.0625 e. The van der Waals surface area contributed by atoms with E-state index in [9.17, 15) is 0 Å². The Hall–Kier alpha value is -0.780. The molecule has 0 heterocycles. The Kier molecular flexibility index (Phi) is 2.77. The average Bonchev–Trinajstić information content (AvgIpc) is 2.67. The molecule has 0 bridgehead atoms. The van der Waals surface area contributed by atoms with Gasteiger partial charge in [0.1, 0.15) is 0 Å². The Morgan fingerprint density at radius 2 is 1.53 bits per heavy atom. The smallest absolute Gasteiger partial charge is 0.0216 e. The molecule has 0 nitrogen and oxygen atoms in total. The molecule has 1 spiro atoms. The molecular weight excluding hydrogens is 204 g/mol. The molecule has 1 aromatic rings. The van der Waals surface area contributed by atoms with Crippen LogP contribution < -0.4 is 0 Å². The van der Waals surface area contributed by atoms with Crippen molar-refractivity contribution in [1.82, 2.24) is 0 Å². The van der Waals surface area contributed by atoms with Gasteiger partial charge in [0.05, 0.1) is 0 Å². The molecule has 0 radical (unpaired) electrons. The van der Waals surface area contributed by atoms with Crippen LogP contribution in [-0.4, -0.2) is 0 Å². The van der Waals surface area contributed by atoms with Crippen molar-refractivity contribution in [1.29, 1.82) is 0 Å². The van der Waals surface area contributed by atoms with Gasteiger partial charge in [0.2, 0.25) is 0 Å². The highest BCUT2D eigenvalue weighted by Gasteiger charge is 2.40. The number of hydrogen-bond donors (Lipinski definition) is 0. The van der Waals surface area contributed by atoms with Gasteiger partial charge in [-0.3, -0.25) is 0 Å². The second-order valence-corrected chi connectivity index (χ2v) is 6.70. The van der Waals surface area contributed by atoms with Gasteiger partial charge in [-0.2, -0.15) is 0 Å². The van der Waals surface area contributed by atoms with Crippen LogP contribution in [0.3, 0.4) is 0 Å². The summed E-state index contributed by atoms with van der Waals surface area (Å²) in [6.07, 6.45) is 8.56. The minimum Gasteiger partial charge on any atom is -0.0625 e. The SMILES string of the molecule is CC(C)C1CCC2(CC1)Cc1ccccc1C2. The Morgan fingerprint density at radius 1 is 1.00 bits per heavy atom. The molecule has 1 saturated carbocycles. The summed E-state index contributed by atoms with van der Waals surface area (Å²) in [5.41, 5.74) is 3.92. The lowest BCUT2D eigenvalue weighted by Gasteiger charge is -2.38. The van der Waals surface area contributed by atoms with Crippen LogP contribution in [0.2, 0.25) is 0 Å². The lowest BCUT2D eigenvalue weighted by atomic mass is 9.66. The monoisotopic (exact) mass is 228 g/mol. The molecule has 0 saturated heterocycles. The first kappa shape index (κ1) is 11.3. The summed E-state index contributed by atoms with van der Waals surface area (Å²) in [5, 5.41) is 0. The molecule has 0 unspecified atom stereocenters. The van der Waals surface area contributed by atoms with Crippen molar-refractivity contribution in [3.63, 3.8) is 0 Å². The van der Waals surface area contributed by atoms with E-state index in [0.29, 0.717) is 5.41 Å². The molecule has 17 heavy (non-hydrogen) atoms. The topological polar surface area (TPSA) is 0 Å². The summed E-state index contributed by atoms with van der Waals surface area (Å²) in [4.78, 5) is 0. The van der Waals surface area contributed by atoms with Gasteiger partial charge in [-0.25, -0.2) is 0 Å². The van der Waals surface area contributed by atoms with E-state index in [0.717, 1.165) is 11.8 Å². The molecule has 1 fully saturated rings. The van der Waals surface area contributed by atoms with Crippen LogP contribution in [0.1, 0.15) is 50.7 Å². The van der Waals surface area contributed by atoms with Crippen LogP contribution in [0.5, 0.6) is 0 Å². The van der Waals surface area contributed by atoms with Crippen molar-refractivity contribution >= 4 is 0 Å². The number of benzene rings is 1. The van der Waals surface area contributed by atoms with Crippen molar-refractivity contribution in [2.24, 2.45) is 17.3 Å². The zero-order chi connectivity index (χ0) is 11.9. The standard InChI is InChI=1S/C17H24/c1-13(2)14-7-9-17(10-8-14)11-15-5-3-4-6-16(15)12-17/h3-6,13-14H,7-12H2,1-2H3. The molecular formula is C17H24. The third-order valence-corrected chi connectivity index (χ3v) is 5.28. The molecule has 2 aliphatic carbocycles. The van der Waals surface area contributed by atoms with Crippen LogP contribution in [0.4, 0.5) is 0 Å². The highest BCUT2D eigenvalue weighted by atomic mass is 14.4. The number of hydrogen-bond acceptors (Lipinski definition) is 0. The molecule has 3 rings (SSSR count). The molecule has 0 amide bonds. The molecule has 0 aromatic heterocycles. The van der Waals surface area contributed by atoms with Gasteiger partial charge < -0.3 is 0 Å². The zero-order valence-corrected chi connectivity index (χ0v) is 11.2. The Balaban J connectivity index is 1.72. The van der Waals surface area contributed by atoms with Gasteiger partial charge in [-0.15, -0.1) is 0 Å². The van der Waals surface area contributed by atoms with E-state index in [1.165, 1.54) is 38.5 Å². The fraction of sp³-hybridized carbons (Fsp3) is 0.647. The van der Waals surface area contributed by atoms with Crippen molar-refractivity contribution in [2.75, 3.05) is 0 Å². The maximum Gasteiger partial charge on any atom is -0.0216 e. The Labute approximate surface area is 105 Å². The fourth-order valence-corrected chi connectivity index (χ4v) is 4.05. The summed E-state index contributed by atoms with van der Waals surface area (Å²) >= 11 is 0. The van der Waals surface area contributed by atoms with Gasteiger partial charge in [0, 0.05) is 0 Å². The maximum absolute atomic E-state index is 2.39. The minimum atomic E-state index is 0.648. The van der Waals surface area contributed by atoms with Gasteiger partial charge in [0.25, 0.3) is 0 Å². The zero-order valence-electron chi connectivity index (χ0n) is 11.2. The highest BCUT2D eigenvalue weighted by Crippen LogP contribution is 2.49. The van der Waals surface area contributed by atoms with Gasteiger partial charge in [0.15, 0.2) is 0 Å². The first-order valence-corrected chi connectivity index (χ1v) is 7.25. The molecule has 1 aromatic carbocycles. The third kappa shape index (κ3) is 2.03. The van der Waals surface area contributed by atoms with Gasteiger partial charge in [-0.05, 0) is 66.9 Å². The molecule has 0 heteroatoms. The maximum atomic E-state index is 2.39. The Bertz CT molecular complexity index is 367. The van der Waals surface area contributed by atoms with E-state index in [2.05, 4.69) is 38.1 Å². The van der Waals surface area contributed by atoms with Gasteiger partial charge in [-0.1, -0.05) is 38.1 Å². The van der Waals surface area contributed by atoms with Crippen molar-refractivity contribution in [3.8, 4) is 0 Å². The quantitative estimate of drug-likeness (QED) is 0.658. The molecule has 0 atom stereocenters. The number of rotatable bonds is 1. The molecule has 92 valence electrons. The summed E-state index contributed by atoms with van der Waals surface area (Å²) in [5.74, 6) is 1.88. The van der Waals surface area contributed by atoms with E-state index < -0.39 is 0 Å². The van der Waals surface area contributed by atoms with Crippen LogP contribution >= 0.6 is 0 Å². The van der Waals surface area contributed by atoms with Crippen LogP contribution in [0.25, 0.3) is 0 Å². The fourth-order valence-electron chi connectivity index (χ4n) is 4.05. The van der Waals surface area contributed by atoms with Crippen molar-refractivity contribution < 1.29 is 0 Å². The average molecular weight is 228 g/mol. The van der Waals surface area contributed by atoms with E-state index >= 15 is 0 Å². The normalized spacial score (nSPS) is 23.2. The van der Waals surface area contributed by atoms with E-state index in [-0.39, 0.29) is 0 Å². The predicted octanol–water partition coefficient (Wildman–Crippen LogP) is 4.62. The van der Waals surface area contributed by atoms with E-state index in [1.54, 1.807) is 11.1 Å². The number of fused-ring (bicyclic) bond motifs is 1. The minimum absolute atomic E-state index is 0.648. The summed E-state index contributed by atoms with van der Waals surface area (Å²) in [7, 11) is 0. The molecule has 2 aliphatic rings. The predicted molar refractivity (Wildman–Crippen MR) is 73.1 cm³/mol. The first-order valence-electron chi connectivity index (χ1n) is 7.25. The van der Waals surface area contributed by atoms with Crippen LogP contribution in [0, 0.1) is 17.3 Å². The Morgan fingerprint density at radius 3 is 2.00 bits per heavy atom. The summed E-state index contributed by atoms with van der Waals surface area (Å²) in [6.45, 7) is 4.79. The van der Waals surface area contributed by atoms with Crippen molar-refractivity contribution in [2.45, 2.75) is 52.4 Å². The van der Waals surface area contributed by atoms with E-state index in [4.69, 9.17) is 0 Å². The molecule has 0 aliphatic heterocycles. The molecule has 0 N–H and O–H groups in total. The second kappa shape index (κ2) is 4.15. The third-order valence-electron chi connectivity index (χ3n) is 5.28. The van der Waals surface area contributed by atoms with E-state index in [1.807, 2.05) is 0 Å². The second-order valence-electron chi connectivity index (χ2n) is 6.70.